The lowest BCUT2D eigenvalue weighted by molar-refractivity contribution is 0.185. The molecule has 0 aliphatic rings. The zero-order valence-electron chi connectivity index (χ0n) is 20.8. The van der Waals surface area contributed by atoms with Gasteiger partial charge < -0.3 is 10.2 Å². The summed E-state index contributed by atoms with van der Waals surface area (Å²) < 4.78 is 1.62. The van der Waals surface area contributed by atoms with Crippen molar-refractivity contribution < 1.29 is 4.79 Å². The minimum atomic E-state index is -0.526. The quantitative estimate of drug-likeness (QED) is 0.297. The van der Waals surface area contributed by atoms with E-state index in [-0.39, 0.29) is 11.6 Å². The van der Waals surface area contributed by atoms with E-state index in [0.29, 0.717) is 29.0 Å². The highest BCUT2D eigenvalue weighted by Gasteiger charge is 2.27. The molecule has 0 radical (unpaired) electrons. The van der Waals surface area contributed by atoms with E-state index in [2.05, 4.69) is 5.32 Å². The van der Waals surface area contributed by atoms with Crippen molar-refractivity contribution in [2.75, 3.05) is 5.32 Å². The molecule has 0 saturated heterocycles. The number of hydrogen-bond donors (Lipinski definition) is 1. The third-order valence-corrected chi connectivity index (χ3v) is 6.50. The Labute approximate surface area is 215 Å². The lowest BCUT2D eigenvalue weighted by Crippen LogP contribution is -2.39. The Morgan fingerprint density at radius 1 is 0.865 bits per heavy atom. The number of nitrogens with one attached hydrogen (secondary N) is 1. The van der Waals surface area contributed by atoms with Crippen LogP contribution in [0.3, 0.4) is 0 Å². The van der Waals surface area contributed by atoms with Gasteiger partial charge in [-0.05, 0) is 55.3 Å². The third kappa shape index (κ3) is 5.00. The fourth-order valence-corrected chi connectivity index (χ4v) is 4.46. The standard InChI is InChI=1S/C31H28N4O2/c1-22-13-9-11-19-27(22)33-31(37)34(21-24-14-5-3-6-15-24)23(2)29-32-28-20-12-10-18-26(28)30(36)35(29)25-16-7-4-8-17-25/h3-20,23H,21H2,1-2H3,(H,33,37). The first kappa shape index (κ1) is 24.0. The Morgan fingerprint density at radius 3 is 2.22 bits per heavy atom. The number of anilines is 1. The summed E-state index contributed by atoms with van der Waals surface area (Å²) in [6.07, 6.45) is 0. The molecule has 0 aliphatic heterocycles. The van der Waals surface area contributed by atoms with Crippen molar-refractivity contribution in [1.82, 2.24) is 14.5 Å². The second-order valence-electron chi connectivity index (χ2n) is 9.00. The molecule has 0 saturated carbocycles. The maximum absolute atomic E-state index is 13.8. The van der Waals surface area contributed by atoms with Crippen LogP contribution in [0.1, 0.15) is 29.9 Å². The van der Waals surface area contributed by atoms with Crippen molar-refractivity contribution in [2.24, 2.45) is 0 Å². The Balaban J connectivity index is 1.64. The Kier molecular flexibility index (Phi) is 6.81. The SMILES string of the molecule is Cc1ccccc1NC(=O)N(Cc1ccccc1)C(C)c1nc2ccccc2c(=O)n1-c1ccccc1. The molecule has 2 amide bonds. The molecule has 6 nitrogen and oxygen atoms in total. The number of aromatic nitrogens is 2. The van der Waals surface area contributed by atoms with Crippen LogP contribution >= 0.6 is 0 Å². The van der Waals surface area contributed by atoms with Crippen molar-refractivity contribution in [1.29, 1.82) is 0 Å². The van der Waals surface area contributed by atoms with E-state index in [0.717, 1.165) is 16.8 Å². The molecular formula is C31H28N4O2. The fourth-order valence-electron chi connectivity index (χ4n) is 4.46. The summed E-state index contributed by atoms with van der Waals surface area (Å²) in [5.41, 5.74) is 3.81. The van der Waals surface area contributed by atoms with Crippen LogP contribution in [0.25, 0.3) is 16.6 Å². The number of carbonyl (C=O) groups is 1. The third-order valence-electron chi connectivity index (χ3n) is 6.50. The van der Waals surface area contributed by atoms with Crippen LogP contribution in [0.15, 0.2) is 114 Å². The average molecular weight is 489 g/mol. The van der Waals surface area contributed by atoms with Crippen LogP contribution in [0.4, 0.5) is 10.5 Å². The van der Waals surface area contributed by atoms with Gasteiger partial charge in [0.15, 0.2) is 0 Å². The molecule has 0 fully saturated rings. The number of rotatable bonds is 6. The number of aryl methyl sites for hydroxylation is 1. The molecule has 5 rings (SSSR count). The summed E-state index contributed by atoms with van der Waals surface area (Å²) in [6.45, 7) is 4.21. The van der Waals surface area contributed by atoms with Gasteiger partial charge in [0.1, 0.15) is 5.82 Å². The average Bonchev–Trinajstić information content (AvgIpc) is 2.93. The molecule has 1 heterocycles. The summed E-state index contributed by atoms with van der Waals surface area (Å²) >= 11 is 0. The smallest absolute Gasteiger partial charge is 0.310 e. The van der Waals surface area contributed by atoms with E-state index in [9.17, 15) is 9.59 Å². The van der Waals surface area contributed by atoms with Crippen LogP contribution in [-0.2, 0) is 6.54 Å². The van der Waals surface area contributed by atoms with Gasteiger partial charge >= 0.3 is 6.03 Å². The lowest BCUT2D eigenvalue weighted by Gasteiger charge is -2.31. The summed E-state index contributed by atoms with van der Waals surface area (Å²) in [7, 11) is 0. The van der Waals surface area contributed by atoms with Crippen molar-refractivity contribution in [3.63, 3.8) is 0 Å². The van der Waals surface area contributed by atoms with E-state index in [1.165, 1.54) is 0 Å². The first-order chi connectivity index (χ1) is 18.0. The second kappa shape index (κ2) is 10.5. The number of para-hydroxylation sites is 3. The first-order valence-corrected chi connectivity index (χ1v) is 12.3. The molecule has 6 heteroatoms. The van der Waals surface area contributed by atoms with Crippen LogP contribution in [0.5, 0.6) is 0 Å². The van der Waals surface area contributed by atoms with Crippen molar-refractivity contribution in [3.05, 3.63) is 136 Å². The molecule has 184 valence electrons. The Morgan fingerprint density at radius 2 is 1.49 bits per heavy atom. The normalized spacial score (nSPS) is 11.7. The lowest BCUT2D eigenvalue weighted by atomic mass is 10.1. The molecule has 1 aromatic heterocycles. The highest BCUT2D eigenvalue weighted by Crippen LogP contribution is 2.26. The van der Waals surface area contributed by atoms with Gasteiger partial charge in [0.2, 0.25) is 0 Å². The van der Waals surface area contributed by atoms with Gasteiger partial charge in [-0.1, -0.05) is 78.9 Å². The predicted molar refractivity (Wildman–Crippen MR) is 148 cm³/mol. The second-order valence-corrected chi connectivity index (χ2v) is 9.00. The zero-order valence-corrected chi connectivity index (χ0v) is 20.8. The number of carbonyl (C=O) groups excluding carboxylic acids is 1. The molecule has 0 bridgehead atoms. The molecule has 1 N–H and O–H groups in total. The van der Waals surface area contributed by atoms with Gasteiger partial charge in [0, 0.05) is 12.2 Å². The highest BCUT2D eigenvalue weighted by molar-refractivity contribution is 5.90. The number of amides is 2. The van der Waals surface area contributed by atoms with Crippen LogP contribution in [0.2, 0.25) is 0 Å². The monoisotopic (exact) mass is 488 g/mol. The summed E-state index contributed by atoms with van der Waals surface area (Å²) in [5, 5.41) is 3.59. The Hall–Kier alpha value is -4.71. The van der Waals surface area contributed by atoms with Gasteiger partial charge in [0.25, 0.3) is 5.56 Å². The number of hydrogen-bond acceptors (Lipinski definition) is 3. The van der Waals surface area contributed by atoms with Gasteiger partial charge in [0.05, 0.1) is 22.6 Å². The number of benzene rings is 4. The summed E-state index contributed by atoms with van der Waals surface area (Å²) in [4.78, 5) is 34.2. The van der Waals surface area contributed by atoms with Gasteiger partial charge in [-0.25, -0.2) is 9.78 Å². The first-order valence-electron chi connectivity index (χ1n) is 12.3. The zero-order chi connectivity index (χ0) is 25.8. The van der Waals surface area contributed by atoms with Gasteiger partial charge in [-0.3, -0.25) is 9.36 Å². The van der Waals surface area contributed by atoms with Crippen LogP contribution < -0.4 is 10.9 Å². The van der Waals surface area contributed by atoms with Crippen molar-refractivity contribution in [3.8, 4) is 5.69 Å². The minimum absolute atomic E-state index is 0.169. The van der Waals surface area contributed by atoms with E-state index >= 15 is 0 Å². The largest absolute Gasteiger partial charge is 0.322 e. The summed E-state index contributed by atoms with van der Waals surface area (Å²) in [6, 6.07) is 33.4. The molecule has 0 aliphatic carbocycles. The van der Waals surface area contributed by atoms with E-state index in [1.54, 1.807) is 15.5 Å². The maximum Gasteiger partial charge on any atom is 0.322 e. The molecule has 5 aromatic rings. The number of urea groups is 1. The maximum atomic E-state index is 13.8. The van der Waals surface area contributed by atoms with E-state index in [4.69, 9.17) is 4.98 Å². The van der Waals surface area contributed by atoms with Crippen molar-refractivity contribution >= 4 is 22.6 Å². The minimum Gasteiger partial charge on any atom is -0.310 e. The van der Waals surface area contributed by atoms with Crippen LogP contribution in [0, 0.1) is 6.92 Å². The highest BCUT2D eigenvalue weighted by atomic mass is 16.2. The molecule has 1 atom stereocenters. The molecule has 37 heavy (non-hydrogen) atoms. The summed E-state index contributed by atoms with van der Waals surface area (Å²) in [5.74, 6) is 0.491. The van der Waals surface area contributed by atoms with Crippen molar-refractivity contribution in [2.45, 2.75) is 26.4 Å². The predicted octanol–water partition coefficient (Wildman–Crippen LogP) is 6.49. The topological polar surface area (TPSA) is 67.2 Å². The van der Waals surface area contributed by atoms with E-state index in [1.807, 2.05) is 117 Å². The molecule has 0 spiro atoms. The van der Waals surface area contributed by atoms with Gasteiger partial charge in [-0.2, -0.15) is 0 Å². The molecule has 1 unspecified atom stereocenters. The molecule has 4 aromatic carbocycles. The van der Waals surface area contributed by atoms with Gasteiger partial charge in [-0.15, -0.1) is 0 Å². The fraction of sp³-hybridized carbons (Fsp3) is 0.129. The Bertz CT molecular complexity index is 1600. The number of fused-ring (bicyclic) bond motifs is 1. The number of nitrogens with zero attached hydrogens (tertiary/aromatic N) is 3. The van der Waals surface area contributed by atoms with Crippen LogP contribution in [-0.4, -0.2) is 20.5 Å². The molecular weight excluding hydrogens is 460 g/mol. The van der Waals surface area contributed by atoms with E-state index < -0.39 is 6.04 Å².